The number of rotatable bonds is 3. The number of anilines is 1. The van der Waals surface area contributed by atoms with E-state index < -0.39 is 0 Å². The Morgan fingerprint density at radius 1 is 0.966 bits per heavy atom. The van der Waals surface area contributed by atoms with E-state index in [9.17, 15) is 9.59 Å². The van der Waals surface area contributed by atoms with Gasteiger partial charge in [-0.05, 0) is 18.2 Å². The largest absolute Gasteiger partial charge is 0.493 e. The van der Waals surface area contributed by atoms with Crippen LogP contribution in [-0.2, 0) is 9.59 Å². The van der Waals surface area contributed by atoms with E-state index in [0.717, 1.165) is 23.4 Å². The maximum absolute atomic E-state index is 12.9. The van der Waals surface area contributed by atoms with Crippen molar-refractivity contribution in [3.05, 3.63) is 48.0 Å². The zero-order valence-electron chi connectivity index (χ0n) is 15.9. The summed E-state index contributed by atoms with van der Waals surface area (Å²) < 4.78 is 16.8. The molecule has 2 aromatic carbocycles. The minimum atomic E-state index is -0.384. The van der Waals surface area contributed by atoms with Crippen LogP contribution in [0, 0.1) is 5.92 Å². The lowest BCUT2D eigenvalue weighted by molar-refractivity contribution is -0.127. The molecule has 5 rings (SSSR count). The Kier molecular flexibility index (Phi) is 4.50. The summed E-state index contributed by atoms with van der Waals surface area (Å²) in [6, 6.07) is 13.1. The predicted octanol–water partition coefficient (Wildman–Crippen LogP) is 2.45. The molecule has 0 unspecified atom stereocenters. The van der Waals surface area contributed by atoms with Crippen molar-refractivity contribution in [1.29, 1.82) is 0 Å². The molecule has 0 bridgehead atoms. The molecule has 3 heterocycles. The standard InChI is InChI=1S/C22H22N2O5/c25-21-11-14(13-24(21)15-5-6-19-20(12-15)29-10-9-28-19)22(26)23-17-7-8-27-18-4-2-1-3-16(17)18/h1-6,12,14,17H,7-11,13H2,(H,23,26)/t14-,17+/m0/s1. The predicted molar refractivity (Wildman–Crippen MR) is 105 cm³/mol. The van der Waals surface area contributed by atoms with Crippen LogP contribution in [0.4, 0.5) is 5.69 Å². The van der Waals surface area contributed by atoms with Gasteiger partial charge in [-0.15, -0.1) is 0 Å². The van der Waals surface area contributed by atoms with Crippen LogP contribution in [-0.4, -0.2) is 38.2 Å². The third-order valence-electron chi connectivity index (χ3n) is 5.61. The molecular formula is C22H22N2O5. The van der Waals surface area contributed by atoms with Gasteiger partial charge in [-0.25, -0.2) is 0 Å². The molecule has 7 heteroatoms. The summed E-state index contributed by atoms with van der Waals surface area (Å²) in [6.45, 7) is 1.93. The molecule has 0 spiro atoms. The highest BCUT2D eigenvalue weighted by molar-refractivity contribution is 6.00. The Morgan fingerprint density at radius 2 is 1.76 bits per heavy atom. The van der Waals surface area contributed by atoms with Crippen molar-refractivity contribution < 1.29 is 23.8 Å². The fraction of sp³-hybridized carbons (Fsp3) is 0.364. The third-order valence-corrected chi connectivity index (χ3v) is 5.61. The number of nitrogens with zero attached hydrogens (tertiary/aromatic N) is 1. The lowest BCUT2D eigenvalue weighted by Crippen LogP contribution is -2.37. The highest BCUT2D eigenvalue weighted by Crippen LogP contribution is 2.36. The summed E-state index contributed by atoms with van der Waals surface area (Å²) in [7, 11) is 0. The molecule has 0 radical (unpaired) electrons. The number of hydrogen-bond donors (Lipinski definition) is 1. The first kappa shape index (κ1) is 17.8. The fourth-order valence-electron chi connectivity index (χ4n) is 4.11. The van der Waals surface area contributed by atoms with Crippen molar-refractivity contribution in [3.63, 3.8) is 0 Å². The molecule has 3 aliphatic heterocycles. The summed E-state index contributed by atoms with van der Waals surface area (Å²) >= 11 is 0. The van der Waals surface area contributed by atoms with Crippen LogP contribution >= 0.6 is 0 Å². The molecule has 2 atom stereocenters. The number of carbonyl (C=O) groups is 2. The van der Waals surface area contributed by atoms with Gasteiger partial charge in [-0.1, -0.05) is 18.2 Å². The van der Waals surface area contributed by atoms with Crippen molar-refractivity contribution in [2.75, 3.05) is 31.3 Å². The topological polar surface area (TPSA) is 77.1 Å². The van der Waals surface area contributed by atoms with E-state index in [0.29, 0.717) is 37.9 Å². The number of benzene rings is 2. The van der Waals surface area contributed by atoms with Crippen molar-refractivity contribution in [2.24, 2.45) is 5.92 Å². The van der Waals surface area contributed by atoms with Crippen molar-refractivity contribution >= 4 is 17.5 Å². The van der Waals surface area contributed by atoms with Crippen LogP contribution in [0.15, 0.2) is 42.5 Å². The van der Waals surface area contributed by atoms with Gasteiger partial charge >= 0.3 is 0 Å². The number of para-hydroxylation sites is 1. The van der Waals surface area contributed by atoms with Gasteiger partial charge in [-0.3, -0.25) is 9.59 Å². The summed E-state index contributed by atoms with van der Waals surface area (Å²) in [6.07, 6.45) is 0.917. The van der Waals surface area contributed by atoms with Gasteiger partial charge in [0.05, 0.1) is 18.6 Å². The summed E-state index contributed by atoms with van der Waals surface area (Å²) in [5.41, 5.74) is 1.71. The minimum absolute atomic E-state index is 0.0609. The van der Waals surface area contributed by atoms with Gasteiger partial charge in [0.25, 0.3) is 0 Å². The zero-order valence-corrected chi connectivity index (χ0v) is 15.9. The van der Waals surface area contributed by atoms with Crippen LogP contribution in [0.25, 0.3) is 0 Å². The smallest absolute Gasteiger partial charge is 0.227 e. The highest BCUT2D eigenvalue weighted by atomic mass is 16.6. The van der Waals surface area contributed by atoms with Gasteiger partial charge in [0.1, 0.15) is 19.0 Å². The van der Waals surface area contributed by atoms with E-state index in [-0.39, 0.29) is 30.2 Å². The second-order valence-electron chi connectivity index (χ2n) is 7.47. The third kappa shape index (κ3) is 3.37. The number of ether oxygens (including phenoxy) is 3. The summed E-state index contributed by atoms with van der Waals surface area (Å²) in [4.78, 5) is 27.2. The molecular weight excluding hydrogens is 372 g/mol. The van der Waals surface area contributed by atoms with Crippen LogP contribution in [0.1, 0.15) is 24.4 Å². The van der Waals surface area contributed by atoms with E-state index in [2.05, 4.69) is 5.32 Å². The van der Waals surface area contributed by atoms with Gasteiger partial charge < -0.3 is 24.4 Å². The first-order valence-corrected chi connectivity index (χ1v) is 9.91. The molecule has 1 fully saturated rings. The van der Waals surface area contributed by atoms with Gasteiger partial charge in [0.15, 0.2) is 11.5 Å². The molecule has 2 amide bonds. The lowest BCUT2D eigenvalue weighted by Gasteiger charge is -2.27. The molecule has 150 valence electrons. The second kappa shape index (κ2) is 7.31. The van der Waals surface area contributed by atoms with Gasteiger partial charge in [-0.2, -0.15) is 0 Å². The molecule has 3 aliphatic rings. The quantitative estimate of drug-likeness (QED) is 0.865. The van der Waals surface area contributed by atoms with Crippen LogP contribution < -0.4 is 24.4 Å². The lowest BCUT2D eigenvalue weighted by atomic mass is 9.99. The van der Waals surface area contributed by atoms with Crippen molar-refractivity contribution in [2.45, 2.75) is 18.9 Å². The Bertz CT molecular complexity index is 960. The maximum atomic E-state index is 12.9. The Labute approximate surface area is 168 Å². The first-order chi connectivity index (χ1) is 14.2. The summed E-state index contributed by atoms with van der Waals surface area (Å²) in [5, 5.41) is 3.12. The Balaban J connectivity index is 1.29. The fourth-order valence-corrected chi connectivity index (χ4v) is 4.11. The van der Waals surface area contributed by atoms with Gasteiger partial charge in [0.2, 0.25) is 11.8 Å². The average Bonchev–Trinajstić information content (AvgIpc) is 3.15. The minimum Gasteiger partial charge on any atom is -0.493 e. The molecule has 1 saturated heterocycles. The first-order valence-electron chi connectivity index (χ1n) is 9.91. The van der Waals surface area contributed by atoms with Crippen LogP contribution in [0.3, 0.4) is 0 Å². The summed E-state index contributed by atoms with van der Waals surface area (Å²) in [5.74, 6) is 1.58. The second-order valence-corrected chi connectivity index (χ2v) is 7.47. The highest BCUT2D eigenvalue weighted by Gasteiger charge is 2.37. The van der Waals surface area contributed by atoms with E-state index >= 15 is 0 Å². The molecule has 29 heavy (non-hydrogen) atoms. The number of fused-ring (bicyclic) bond motifs is 2. The van der Waals surface area contributed by atoms with Gasteiger partial charge in [0, 0.05) is 36.7 Å². The number of nitrogens with one attached hydrogen (secondary N) is 1. The Hall–Kier alpha value is -3.22. The number of hydrogen-bond acceptors (Lipinski definition) is 5. The van der Waals surface area contributed by atoms with Crippen LogP contribution in [0.2, 0.25) is 0 Å². The van der Waals surface area contributed by atoms with Crippen LogP contribution in [0.5, 0.6) is 17.2 Å². The van der Waals surface area contributed by atoms with E-state index in [1.165, 1.54) is 0 Å². The molecule has 0 aromatic heterocycles. The number of carbonyl (C=O) groups excluding carboxylic acids is 2. The monoisotopic (exact) mass is 394 g/mol. The maximum Gasteiger partial charge on any atom is 0.227 e. The van der Waals surface area contributed by atoms with Crippen molar-refractivity contribution in [3.8, 4) is 17.2 Å². The number of amides is 2. The molecule has 1 N–H and O–H groups in total. The molecule has 0 saturated carbocycles. The normalized spacial score (nSPS) is 22.6. The van der Waals surface area contributed by atoms with E-state index in [1.54, 1.807) is 11.0 Å². The van der Waals surface area contributed by atoms with Crippen molar-refractivity contribution in [1.82, 2.24) is 5.32 Å². The van der Waals surface area contributed by atoms with E-state index in [4.69, 9.17) is 14.2 Å². The Morgan fingerprint density at radius 3 is 2.66 bits per heavy atom. The molecule has 7 nitrogen and oxygen atoms in total. The SMILES string of the molecule is O=C(N[C@@H]1CCOc2ccccc21)[C@H]1CC(=O)N(c2ccc3c(c2)OCCO3)C1. The molecule has 2 aromatic rings. The zero-order chi connectivity index (χ0) is 19.8. The molecule has 0 aliphatic carbocycles. The van der Waals surface area contributed by atoms with E-state index in [1.807, 2.05) is 36.4 Å². The average molecular weight is 394 g/mol.